The molecule has 0 fully saturated rings. The quantitative estimate of drug-likeness (QED) is 0.781. The highest BCUT2D eigenvalue weighted by Gasteiger charge is 2.02. The van der Waals surface area contributed by atoms with Crippen molar-refractivity contribution in [1.82, 2.24) is 0 Å². The molecular weight excluding hydrogens is 228 g/mol. The summed E-state index contributed by atoms with van der Waals surface area (Å²) in [5.74, 6) is 0.571. The van der Waals surface area contributed by atoms with Gasteiger partial charge in [0.15, 0.2) is 0 Å². The van der Waals surface area contributed by atoms with Crippen molar-refractivity contribution >= 4 is 29.0 Å². The molecule has 3 N–H and O–H groups in total. The zero-order valence-corrected chi connectivity index (χ0v) is 9.54. The maximum Gasteiger partial charge on any atom is 0.411 e. The number of hydrogen-bond acceptors (Lipinski definition) is 4. The summed E-state index contributed by atoms with van der Waals surface area (Å²) >= 11 is 4.68. The maximum atomic E-state index is 10.9. The summed E-state index contributed by atoms with van der Waals surface area (Å²) in [4.78, 5) is 11.2. The molecule has 0 radical (unpaired) electrons. The lowest BCUT2D eigenvalue weighted by Crippen LogP contribution is -2.18. The zero-order chi connectivity index (χ0) is 12.0. The molecule has 0 aromatic heterocycles. The van der Waals surface area contributed by atoms with Gasteiger partial charge in [0, 0.05) is 11.8 Å². The van der Waals surface area contributed by atoms with E-state index in [4.69, 9.17) is 10.5 Å². The Kier molecular flexibility index (Phi) is 4.53. The molecule has 0 aliphatic heterocycles. The minimum Gasteiger partial charge on any atom is -0.486 e. The van der Waals surface area contributed by atoms with Crippen LogP contribution in [0.2, 0.25) is 0 Å². The lowest BCUT2D eigenvalue weighted by atomic mass is 10.3. The number of nitrogens with two attached hydrogens (primary N) is 1. The molecule has 0 saturated carbocycles. The number of methoxy groups -OCH3 is 1. The minimum atomic E-state index is -0.536. The van der Waals surface area contributed by atoms with Gasteiger partial charge in [0.05, 0.1) is 7.11 Å². The molecular formula is C10H12N2O3S. The van der Waals surface area contributed by atoms with Crippen LogP contribution in [0.1, 0.15) is 0 Å². The highest BCUT2D eigenvalue weighted by Crippen LogP contribution is 2.17. The first kappa shape index (κ1) is 12.3. The SMILES string of the molecule is COC(=O)Nc1cccc(OCC(N)=S)c1. The summed E-state index contributed by atoms with van der Waals surface area (Å²) in [5.41, 5.74) is 5.87. The molecule has 86 valence electrons. The molecule has 1 amide bonds. The summed E-state index contributed by atoms with van der Waals surface area (Å²) in [6, 6.07) is 6.83. The standard InChI is InChI=1S/C10H12N2O3S/c1-14-10(13)12-7-3-2-4-8(5-7)15-6-9(11)16/h2-5H,6H2,1H3,(H2,11,16)(H,12,13). The number of amides is 1. The summed E-state index contributed by atoms with van der Waals surface area (Å²) < 4.78 is 9.73. The molecule has 0 saturated heterocycles. The van der Waals surface area contributed by atoms with E-state index in [1.54, 1.807) is 24.3 Å². The Morgan fingerprint density at radius 1 is 1.56 bits per heavy atom. The number of carbonyl (C=O) groups is 1. The second kappa shape index (κ2) is 5.92. The third kappa shape index (κ3) is 4.14. The van der Waals surface area contributed by atoms with Gasteiger partial charge in [-0.1, -0.05) is 18.3 Å². The van der Waals surface area contributed by atoms with Crippen molar-refractivity contribution in [3.8, 4) is 5.75 Å². The van der Waals surface area contributed by atoms with Gasteiger partial charge in [0.1, 0.15) is 17.3 Å². The number of benzene rings is 1. The predicted octanol–water partition coefficient (Wildman–Crippen LogP) is 1.53. The average molecular weight is 240 g/mol. The highest BCUT2D eigenvalue weighted by atomic mass is 32.1. The molecule has 1 aromatic carbocycles. The molecule has 0 heterocycles. The fraction of sp³-hybridized carbons (Fsp3) is 0.200. The first-order valence-corrected chi connectivity index (χ1v) is 4.89. The summed E-state index contributed by atoms with van der Waals surface area (Å²) in [5, 5.41) is 2.51. The van der Waals surface area contributed by atoms with Gasteiger partial charge >= 0.3 is 6.09 Å². The molecule has 0 unspecified atom stereocenters. The van der Waals surface area contributed by atoms with Crippen LogP contribution in [0, 0.1) is 0 Å². The van der Waals surface area contributed by atoms with Gasteiger partial charge in [0.2, 0.25) is 0 Å². The average Bonchev–Trinajstić information content (AvgIpc) is 2.26. The third-order valence-corrected chi connectivity index (χ3v) is 1.76. The normalized spacial score (nSPS) is 9.31. The number of hydrogen-bond donors (Lipinski definition) is 2. The van der Waals surface area contributed by atoms with E-state index in [1.165, 1.54) is 7.11 Å². The van der Waals surface area contributed by atoms with Gasteiger partial charge < -0.3 is 15.2 Å². The van der Waals surface area contributed by atoms with Crippen LogP contribution in [-0.2, 0) is 4.74 Å². The molecule has 1 rings (SSSR count). The molecule has 6 heteroatoms. The molecule has 0 aliphatic rings. The van der Waals surface area contributed by atoms with E-state index in [1.807, 2.05) is 0 Å². The van der Waals surface area contributed by atoms with E-state index in [2.05, 4.69) is 22.3 Å². The topological polar surface area (TPSA) is 73.6 Å². The van der Waals surface area contributed by atoms with Gasteiger partial charge in [-0.25, -0.2) is 4.79 Å². The van der Waals surface area contributed by atoms with Gasteiger partial charge in [0.25, 0.3) is 0 Å². The largest absolute Gasteiger partial charge is 0.486 e. The smallest absolute Gasteiger partial charge is 0.411 e. The predicted molar refractivity (Wildman–Crippen MR) is 64.8 cm³/mol. The minimum absolute atomic E-state index is 0.164. The molecule has 16 heavy (non-hydrogen) atoms. The van der Waals surface area contributed by atoms with Crippen LogP contribution < -0.4 is 15.8 Å². The number of rotatable bonds is 4. The Hall–Kier alpha value is -1.82. The summed E-state index contributed by atoms with van der Waals surface area (Å²) in [6.45, 7) is 0.164. The Bertz CT molecular complexity index is 395. The van der Waals surface area contributed by atoms with Crippen LogP contribution in [0.5, 0.6) is 5.75 Å². The van der Waals surface area contributed by atoms with E-state index in [9.17, 15) is 4.79 Å². The van der Waals surface area contributed by atoms with Crippen LogP contribution >= 0.6 is 12.2 Å². The lowest BCUT2D eigenvalue weighted by Gasteiger charge is -2.07. The second-order valence-electron chi connectivity index (χ2n) is 2.90. The summed E-state index contributed by atoms with van der Waals surface area (Å²) in [7, 11) is 1.29. The van der Waals surface area contributed by atoms with E-state index in [0.29, 0.717) is 11.4 Å². The van der Waals surface area contributed by atoms with Gasteiger partial charge in [-0.15, -0.1) is 0 Å². The fourth-order valence-corrected chi connectivity index (χ4v) is 1.05. The second-order valence-corrected chi connectivity index (χ2v) is 3.42. The molecule has 0 bridgehead atoms. The van der Waals surface area contributed by atoms with E-state index >= 15 is 0 Å². The van der Waals surface area contributed by atoms with Crippen molar-refractivity contribution in [2.75, 3.05) is 19.0 Å². The number of carbonyl (C=O) groups excluding carboxylic acids is 1. The number of thiocarbonyl (C=S) groups is 1. The molecule has 0 spiro atoms. The molecule has 0 atom stereocenters. The van der Waals surface area contributed by atoms with Crippen molar-refractivity contribution in [1.29, 1.82) is 0 Å². The van der Waals surface area contributed by atoms with Crippen LogP contribution in [0.25, 0.3) is 0 Å². The fourth-order valence-electron chi connectivity index (χ4n) is 0.987. The Balaban J connectivity index is 2.63. The number of ether oxygens (including phenoxy) is 2. The van der Waals surface area contributed by atoms with Crippen molar-refractivity contribution in [3.63, 3.8) is 0 Å². The van der Waals surface area contributed by atoms with Crippen molar-refractivity contribution in [3.05, 3.63) is 24.3 Å². The van der Waals surface area contributed by atoms with Crippen LogP contribution in [0.3, 0.4) is 0 Å². The molecule has 1 aromatic rings. The van der Waals surface area contributed by atoms with E-state index < -0.39 is 6.09 Å². The molecule has 0 aliphatic carbocycles. The number of anilines is 1. The first-order chi connectivity index (χ1) is 7.61. The Morgan fingerprint density at radius 3 is 2.94 bits per heavy atom. The van der Waals surface area contributed by atoms with Crippen molar-refractivity contribution in [2.45, 2.75) is 0 Å². The van der Waals surface area contributed by atoms with Crippen molar-refractivity contribution < 1.29 is 14.3 Å². The monoisotopic (exact) mass is 240 g/mol. The molecule has 5 nitrogen and oxygen atoms in total. The maximum absolute atomic E-state index is 10.9. The van der Waals surface area contributed by atoms with Gasteiger partial charge in [-0.3, -0.25) is 5.32 Å². The van der Waals surface area contributed by atoms with Gasteiger partial charge in [-0.2, -0.15) is 0 Å². The van der Waals surface area contributed by atoms with E-state index in [0.717, 1.165) is 0 Å². The van der Waals surface area contributed by atoms with Gasteiger partial charge in [-0.05, 0) is 12.1 Å². The van der Waals surface area contributed by atoms with Crippen LogP contribution in [0.15, 0.2) is 24.3 Å². The Morgan fingerprint density at radius 2 is 2.31 bits per heavy atom. The van der Waals surface area contributed by atoms with Crippen LogP contribution in [0.4, 0.5) is 10.5 Å². The Labute approximate surface area is 98.5 Å². The number of nitrogens with one attached hydrogen (secondary N) is 1. The third-order valence-electron chi connectivity index (χ3n) is 1.65. The lowest BCUT2D eigenvalue weighted by molar-refractivity contribution is 0.187. The zero-order valence-electron chi connectivity index (χ0n) is 8.73. The van der Waals surface area contributed by atoms with Crippen molar-refractivity contribution in [2.24, 2.45) is 5.73 Å². The first-order valence-electron chi connectivity index (χ1n) is 4.48. The van der Waals surface area contributed by atoms with Crippen LogP contribution in [-0.4, -0.2) is 24.8 Å². The highest BCUT2D eigenvalue weighted by molar-refractivity contribution is 7.80. The summed E-state index contributed by atoms with van der Waals surface area (Å²) in [6.07, 6.45) is -0.536. The van der Waals surface area contributed by atoms with E-state index in [-0.39, 0.29) is 11.6 Å².